The lowest BCUT2D eigenvalue weighted by Gasteiger charge is -2.30. The van der Waals surface area contributed by atoms with Crippen LogP contribution in [0.5, 0.6) is 0 Å². The van der Waals surface area contributed by atoms with Gasteiger partial charge in [-0.05, 0) is 31.6 Å². The first-order valence-electron chi connectivity index (χ1n) is 6.64. The minimum absolute atomic E-state index is 0.289. The van der Waals surface area contributed by atoms with Gasteiger partial charge >= 0.3 is 0 Å². The van der Waals surface area contributed by atoms with E-state index in [2.05, 4.69) is 15.3 Å². The average Bonchev–Trinajstić information content (AvgIpc) is 2.40. The third-order valence-electron chi connectivity index (χ3n) is 3.82. The molecule has 4 N–H and O–H groups in total. The van der Waals surface area contributed by atoms with E-state index in [-0.39, 0.29) is 6.61 Å². The van der Waals surface area contributed by atoms with Crippen molar-refractivity contribution in [3.8, 4) is 0 Å². The predicted octanol–water partition coefficient (Wildman–Crippen LogP) is 1.58. The number of nitrogens with zero attached hydrogens (tertiary/aromatic N) is 2. The van der Waals surface area contributed by atoms with Gasteiger partial charge in [0, 0.05) is 24.9 Å². The molecule has 0 radical (unpaired) electrons. The third kappa shape index (κ3) is 3.10. The smallest absolute Gasteiger partial charge is 0.221 e. The van der Waals surface area contributed by atoms with E-state index in [1.54, 1.807) is 6.20 Å². The maximum atomic E-state index is 9.38. The summed E-state index contributed by atoms with van der Waals surface area (Å²) in [5, 5.41) is 12.7. The Labute approximate surface area is 108 Å². The van der Waals surface area contributed by atoms with Crippen molar-refractivity contribution in [1.82, 2.24) is 9.97 Å². The van der Waals surface area contributed by atoms with Crippen LogP contribution in [0.15, 0.2) is 6.20 Å². The maximum Gasteiger partial charge on any atom is 0.221 e. The number of aliphatic hydroxyl groups excluding tert-OH is 1. The lowest BCUT2D eigenvalue weighted by molar-refractivity contribution is 0.141. The van der Waals surface area contributed by atoms with Gasteiger partial charge in [0.15, 0.2) is 0 Å². The van der Waals surface area contributed by atoms with E-state index >= 15 is 0 Å². The summed E-state index contributed by atoms with van der Waals surface area (Å²) in [5.74, 6) is 2.06. The number of rotatable bonds is 4. The molecule has 18 heavy (non-hydrogen) atoms. The monoisotopic (exact) mass is 250 g/mol. The molecule has 1 aromatic heterocycles. The molecule has 0 saturated heterocycles. The molecule has 0 aromatic carbocycles. The summed E-state index contributed by atoms with van der Waals surface area (Å²) in [7, 11) is 0. The van der Waals surface area contributed by atoms with Crippen LogP contribution in [0.2, 0.25) is 0 Å². The molecule has 1 aliphatic carbocycles. The topological polar surface area (TPSA) is 84.1 Å². The molecular weight excluding hydrogens is 228 g/mol. The van der Waals surface area contributed by atoms with Gasteiger partial charge in [-0.3, -0.25) is 0 Å². The van der Waals surface area contributed by atoms with E-state index < -0.39 is 0 Å². The second kappa shape index (κ2) is 6.00. The fraction of sp³-hybridized carbons (Fsp3) is 0.692. The van der Waals surface area contributed by atoms with Crippen molar-refractivity contribution >= 4 is 11.8 Å². The van der Waals surface area contributed by atoms with E-state index in [4.69, 9.17) is 5.73 Å². The number of hydrogen-bond acceptors (Lipinski definition) is 5. The van der Waals surface area contributed by atoms with Gasteiger partial charge in [-0.1, -0.05) is 12.8 Å². The van der Waals surface area contributed by atoms with Gasteiger partial charge in [-0.2, -0.15) is 4.98 Å². The maximum absolute atomic E-state index is 9.38. The van der Waals surface area contributed by atoms with Crippen LogP contribution in [0.1, 0.15) is 31.2 Å². The van der Waals surface area contributed by atoms with Crippen molar-refractivity contribution < 1.29 is 5.11 Å². The highest BCUT2D eigenvalue weighted by Gasteiger charge is 2.24. The molecule has 1 heterocycles. The normalized spacial score (nSPS) is 23.9. The lowest BCUT2D eigenvalue weighted by atomic mass is 9.79. The van der Waals surface area contributed by atoms with Gasteiger partial charge < -0.3 is 16.2 Å². The van der Waals surface area contributed by atoms with Crippen molar-refractivity contribution in [3.05, 3.63) is 11.8 Å². The Morgan fingerprint density at radius 2 is 2.11 bits per heavy atom. The number of nitrogens with one attached hydrogen (secondary N) is 1. The number of aliphatic hydroxyl groups is 1. The molecule has 1 saturated carbocycles. The summed E-state index contributed by atoms with van der Waals surface area (Å²) in [5.41, 5.74) is 6.59. The molecule has 100 valence electrons. The van der Waals surface area contributed by atoms with E-state index in [1.165, 1.54) is 19.3 Å². The molecule has 0 amide bonds. The first kappa shape index (κ1) is 13.1. The number of nitrogens with two attached hydrogens (primary N) is 1. The number of nitrogen functional groups attached to an aromatic ring is 1. The minimum Gasteiger partial charge on any atom is -0.396 e. The van der Waals surface area contributed by atoms with E-state index in [0.29, 0.717) is 17.8 Å². The lowest BCUT2D eigenvalue weighted by Crippen LogP contribution is -2.29. The standard InChI is InChI=1S/C13H22N4O/c1-9-6-16-13(14)17-12(9)15-7-10-4-2-3-5-11(10)8-18/h6,10-11,18H,2-5,7-8H2,1H3,(H3,14,15,16,17). The van der Waals surface area contributed by atoms with Crippen molar-refractivity contribution in [2.24, 2.45) is 11.8 Å². The zero-order valence-electron chi connectivity index (χ0n) is 10.9. The molecule has 2 rings (SSSR count). The summed E-state index contributed by atoms with van der Waals surface area (Å²) < 4.78 is 0. The molecule has 0 spiro atoms. The largest absolute Gasteiger partial charge is 0.396 e. The molecule has 1 aliphatic rings. The molecular formula is C13H22N4O. The van der Waals surface area contributed by atoms with Gasteiger partial charge in [0.1, 0.15) is 5.82 Å². The highest BCUT2D eigenvalue weighted by Crippen LogP contribution is 2.29. The fourth-order valence-electron chi connectivity index (χ4n) is 2.66. The molecule has 5 heteroatoms. The third-order valence-corrected chi connectivity index (χ3v) is 3.82. The Morgan fingerprint density at radius 3 is 2.83 bits per heavy atom. The highest BCUT2D eigenvalue weighted by atomic mass is 16.3. The van der Waals surface area contributed by atoms with Crippen molar-refractivity contribution in [3.63, 3.8) is 0 Å². The summed E-state index contributed by atoms with van der Waals surface area (Å²) in [6.45, 7) is 3.10. The summed E-state index contributed by atoms with van der Waals surface area (Å²) in [6, 6.07) is 0. The predicted molar refractivity (Wildman–Crippen MR) is 72.2 cm³/mol. The van der Waals surface area contributed by atoms with Gasteiger partial charge in [-0.15, -0.1) is 0 Å². The number of aryl methyl sites for hydroxylation is 1. The molecule has 0 bridgehead atoms. The van der Waals surface area contributed by atoms with Gasteiger partial charge in [-0.25, -0.2) is 4.98 Å². The van der Waals surface area contributed by atoms with Crippen LogP contribution in [0.4, 0.5) is 11.8 Å². The molecule has 0 aliphatic heterocycles. The Morgan fingerprint density at radius 1 is 1.39 bits per heavy atom. The van der Waals surface area contributed by atoms with E-state index in [9.17, 15) is 5.11 Å². The second-order valence-electron chi connectivity index (χ2n) is 5.13. The van der Waals surface area contributed by atoms with Crippen LogP contribution in [0.25, 0.3) is 0 Å². The highest BCUT2D eigenvalue weighted by molar-refractivity contribution is 5.45. The average molecular weight is 250 g/mol. The molecule has 2 unspecified atom stereocenters. The van der Waals surface area contributed by atoms with Gasteiger partial charge in [0.2, 0.25) is 5.95 Å². The van der Waals surface area contributed by atoms with Crippen LogP contribution < -0.4 is 11.1 Å². The Bertz CT molecular complexity index is 397. The van der Waals surface area contributed by atoms with Crippen LogP contribution in [-0.2, 0) is 0 Å². The number of hydrogen-bond donors (Lipinski definition) is 3. The second-order valence-corrected chi connectivity index (χ2v) is 5.13. The molecule has 2 atom stereocenters. The number of anilines is 2. The first-order chi connectivity index (χ1) is 8.70. The van der Waals surface area contributed by atoms with Gasteiger partial charge in [0.25, 0.3) is 0 Å². The zero-order valence-corrected chi connectivity index (χ0v) is 10.9. The first-order valence-corrected chi connectivity index (χ1v) is 6.64. The Kier molecular flexibility index (Phi) is 4.36. The van der Waals surface area contributed by atoms with Crippen molar-refractivity contribution in [2.45, 2.75) is 32.6 Å². The van der Waals surface area contributed by atoms with Crippen molar-refractivity contribution in [2.75, 3.05) is 24.2 Å². The van der Waals surface area contributed by atoms with Crippen LogP contribution >= 0.6 is 0 Å². The summed E-state index contributed by atoms with van der Waals surface area (Å²) in [4.78, 5) is 8.15. The Hall–Kier alpha value is -1.36. The molecule has 1 aromatic rings. The zero-order chi connectivity index (χ0) is 13.0. The summed E-state index contributed by atoms with van der Waals surface area (Å²) in [6.07, 6.45) is 6.54. The SMILES string of the molecule is Cc1cnc(N)nc1NCC1CCCCC1CO. The van der Waals surface area contributed by atoms with Crippen molar-refractivity contribution in [1.29, 1.82) is 0 Å². The van der Waals surface area contributed by atoms with Crippen LogP contribution in [0, 0.1) is 18.8 Å². The van der Waals surface area contributed by atoms with Crippen LogP contribution in [0.3, 0.4) is 0 Å². The van der Waals surface area contributed by atoms with E-state index in [1.807, 2.05) is 6.92 Å². The molecule has 1 fully saturated rings. The molecule has 5 nitrogen and oxygen atoms in total. The summed E-state index contributed by atoms with van der Waals surface area (Å²) >= 11 is 0. The Balaban J connectivity index is 1.95. The van der Waals surface area contributed by atoms with Gasteiger partial charge in [0.05, 0.1) is 0 Å². The van der Waals surface area contributed by atoms with E-state index in [0.717, 1.165) is 24.3 Å². The minimum atomic E-state index is 0.289. The number of aromatic nitrogens is 2. The fourth-order valence-corrected chi connectivity index (χ4v) is 2.66. The quantitative estimate of drug-likeness (QED) is 0.755. The van der Waals surface area contributed by atoms with Crippen LogP contribution in [-0.4, -0.2) is 28.2 Å².